The summed E-state index contributed by atoms with van der Waals surface area (Å²) in [5.41, 5.74) is 0.943. The number of carbonyl (C=O) groups is 1. The summed E-state index contributed by atoms with van der Waals surface area (Å²) in [5, 5.41) is 10.6. The molecule has 1 aromatic carbocycles. The van der Waals surface area contributed by atoms with Gasteiger partial charge in [-0.1, -0.05) is 51.1 Å². The molecule has 212 valence electrons. The van der Waals surface area contributed by atoms with Crippen molar-refractivity contribution in [3.05, 3.63) is 35.9 Å². The Balaban J connectivity index is 1.65. The van der Waals surface area contributed by atoms with Gasteiger partial charge in [-0.05, 0) is 25.2 Å². The monoisotopic (exact) mass is 522 g/mol. The van der Waals surface area contributed by atoms with Crippen molar-refractivity contribution in [2.75, 3.05) is 105 Å². The second kappa shape index (κ2) is 19.5. The number of nitrogens with zero attached hydrogens (tertiary/aromatic N) is 4. The van der Waals surface area contributed by atoms with Crippen LogP contribution in [0.4, 0.5) is 0 Å². The van der Waals surface area contributed by atoms with Crippen LogP contribution in [-0.4, -0.2) is 142 Å². The molecule has 0 aliphatic carbocycles. The van der Waals surface area contributed by atoms with E-state index >= 15 is 0 Å². The molecule has 0 bridgehead atoms. The summed E-state index contributed by atoms with van der Waals surface area (Å²) in [5.74, 6) is -0.399. The zero-order valence-corrected chi connectivity index (χ0v) is 23.4. The van der Waals surface area contributed by atoms with Gasteiger partial charge in [0.15, 0.2) is 0 Å². The van der Waals surface area contributed by atoms with Gasteiger partial charge in [0.05, 0.1) is 25.9 Å². The van der Waals surface area contributed by atoms with E-state index in [9.17, 15) is 9.90 Å². The van der Waals surface area contributed by atoms with Crippen LogP contribution >= 0.6 is 0 Å². The molecule has 1 N–H and O–H groups in total. The summed E-state index contributed by atoms with van der Waals surface area (Å²) in [4.78, 5) is 21.7. The van der Waals surface area contributed by atoms with Crippen LogP contribution in [0.3, 0.4) is 0 Å². The van der Waals surface area contributed by atoms with Crippen LogP contribution in [0.15, 0.2) is 30.3 Å². The van der Waals surface area contributed by atoms with Crippen molar-refractivity contribution < 1.29 is 24.1 Å². The molecule has 1 saturated heterocycles. The highest BCUT2D eigenvalue weighted by atomic mass is 16.6. The molecular formula is C28H50N4O5. The molecule has 0 radical (unpaired) electrons. The maximum Gasteiger partial charge on any atom is 0.332 e. The van der Waals surface area contributed by atoms with Crippen molar-refractivity contribution in [3.8, 4) is 0 Å². The normalized spacial score (nSPS) is 18.7. The first-order valence-electron chi connectivity index (χ1n) is 14.0. The predicted molar refractivity (Wildman–Crippen MR) is 147 cm³/mol. The van der Waals surface area contributed by atoms with Crippen LogP contribution in [0, 0.1) is 0 Å². The largest absolute Gasteiger partial charge is 0.459 e. The molecule has 1 aromatic rings. The number of carbonyl (C=O) groups excluding carboxylic acids is 1. The minimum absolute atomic E-state index is 0.107. The van der Waals surface area contributed by atoms with Crippen LogP contribution in [-0.2, 0) is 25.6 Å². The van der Waals surface area contributed by atoms with E-state index in [1.54, 1.807) is 0 Å². The second-order valence-electron chi connectivity index (χ2n) is 9.53. The molecule has 9 nitrogen and oxygen atoms in total. The number of ether oxygens (including phenoxy) is 3. The lowest BCUT2D eigenvalue weighted by Gasteiger charge is -2.34. The molecule has 1 heterocycles. The Morgan fingerprint density at radius 1 is 0.784 bits per heavy atom. The Hall–Kier alpha value is -1.59. The second-order valence-corrected chi connectivity index (χ2v) is 9.53. The van der Waals surface area contributed by atoms with Gasteiger partial charge in [0.2, 0.25) is 0 Å². The Morgan fingerprint density at radius 2 is 1.27 bits per heavy atom. The maximum atomic E-state index is 11.8. The number of hydrogen-bond acceptors (Lipinski definition) is 9. The highest BCUT2D eigenvalue weighted by Gasteiger charge is 2.17. The van der Waals surface area contributed by atoms with E-state index in [2.05, 4.69) is 40.4 Å². The Bertz CT molecular complexity index is 691. The predicted octanol–water partition coefficient (Wildman–Crippen LogP) is 1.41. The van der Waals surface area contributed by atoms with Gasteiger partial charge in [0, 0.05) is 58.9 Å². The van der Waals surface area contributed by atoms with Crippen molar-refractivity contribution in [3.63, 3.8) is 0 Å². The molecule has 1 atom stereocenters. The summed E-state index contributed by atoms with van der Waals surface area (Å²) in [6, 6.07) is 9.55. The molecule has 1 aliphatic rings. The fourth-order valence-corrected chi connectivity index (χ4v) is 4.33. The fraction of sp³-hybridized carbons (Fsp3) is 0.750. The van der Waals surface area contributed by atoms with Crippen molar-refractivity contribution in [2.45, 2.75) is 33.5 Å². The first kappa shape index (κ1) is 31.6. The SMILES string of the molecule is CCN1CCN(CC)CCN(CC(O)COCCOCC(=O)OCc2ccccc2)CCN(CC)CC1. The van der Waals surface area contributed by atoms with Crippen molar-refractivity contribution in [1.29, 1.82) is 0 Å². The minimum Gasteiger partial charge on any atom is -0.459 e. The highest BCUT2D eigenvalue weighted by Crippen LogP contribution is 2.03. The van der Waals surface area contributed by atoms with Crippen molar-refractivity contribution in [1.82, 2.24) is 19.6 Å². The van der Waals surface area contributed by atoms with Gasteiger partial charge in [0.25, 0.3) is 0 Å². The molecule has 9 heteroatoms. The summed E-state index contributed by atoms with van der Waals surface area (Å²) >= 11 is 0. The average Bonchev–Trinajstić information content (AvgIpc) is 2.91. The molecular weight excluding hydrogens is 472 g/mol. The van der Waals surface area contributed by atoms with Crippen LogP contribution in [0.2, 0.25) is 0 Å². The Kier molecular flexibility index (Phi) is 16.6. The highest BCUT2D eigenvalue weighted by molar-refractivity contribution is 5.70. The molecule has 1 unspecified atom stereocenters. The number of rotatable bonds is 14. The number of hydrogen-bond donors (Lipinski definition) is 1. The lowest BCUT2D eigenvalue weighted by Crippen LogP contribution is -2.47. The zero-order chi connectivity index (χ0) is 26.7. The van der Waals surface area contributed by atoms with Gasteiger partial charge < -0.3 is 34.0 Å². The van der Waals surface area contributed by atoms with Crippen LogP contribution in [0.5, 0.6) is 0 Å². The fourth-order valence-electron chi connectivity index (χ4n) is 4.33. The molecule has 0 saturated carbocycles. The van der Waals surface area contributed by atoms with E-state index in [1.807, 2.05) is 30.3 Å². The standard InChI is InChI=1S/C28H50N4O5/c1-4-29-12-14-30(5-2)16-18-32(19-17-31(6-3)15-13-29)22-27(33)24-35-20-21-36-25-28(34)37-23-26-10-8-7-9-11-26/h7-11,27,33H,4-6,12-25H2,1-3H3. The van der Waals surface area contributed by atoms with Crippen LogP contribution in [0.1, 0.15) is 26.3 Å². The molecule has 0 amide bonds. The third-order valence-electron chi connectivity index (χ3n) is 6.89. The molecule has 0 aromatic heterocycles. The third-order valence-corrected chi connectivity index (χ3v) is 6.89. The molecule has 0 spiro atoms. The molecule has 1 aliphatic heterocycles. The summed E-state index contributed by atoms with van der Waals surface area (Å²) < 4.78 is 16.2. The first-order chi connectivity index (χ1) is 18.0. The van der Waals surface area contributed by atoms with E-state index in [4.69, 9.17) is 14.2 Å². The van der Waals surface area contributed by atoms with Crippen molar-refractivity contribution in [2.24, 2.45) is 0 Å². The summed E-state index contributed by atoms with van der Waals surface area (Å²) in [6.45, 7) is 19.7. The molecule has 1 fully saturated rings. The minimum atomic E-state index is -0.565. The van der Waals surface area contributed by atoms with E-state index < -0.39 is 12.1 Å². The smallest absolute Gasteiger partial charge is 0.332 e. The number of aliphatic hydroxyl groups is 1. The first-order valence-corrected chi connectivity index (χ1v) is 14.0. The zero-order valence-electron chi connectivity index (χ0n) is 23.4. The van der Waals surface area contributed by atoms with E-state index in [1.165, 1.54) is 0 Å². The topological polar surface area (TPSA) is 78.0 Å². The number of benzene rings is 1. The lowest BCUT2D eigenvalue weighted by molar-refractivity contribution is -0.150. The van der Waals surface area contributed by atoms with Crippen LogP contribution < -0.4 is 0 Å². The molecule has 2 rings (SSSR count). The van der Waals surface area contributed by atoms with E-state index in [0.717, 1.165) is 77.6 Å². The number of aliphatic hydroxyl groups excluding tert-OH is 1. The number of β-amino-alcohol motifs (C(OH)–C–C–N with tert-alkyl or cyclic N) is 1. The lowest BCUT2D eigenvalue weighted by atomic mass is 10.2. The van der Waals surface area contributed by atoms with E-state index in [0.29, 0.717) is 13.2 Å². The molecule has 37 heavy (non-hydrogen) atoms. The average molecular weight is 523 g/mol. The summed E-state index contributed by atoms with van der Waals surface area (Å²) in [7, 11) is 0. The van der Waals surface area contributed by atoms with Gasteiger partial charge in [0.1, 0.15) is 13.2 Å². The van der Waals surface area contributed by atoms with Gasteiger partial charge in [-0.2, -0.15) is 0 Å². The quantitative estimate of drug-likeness (QED) is 0.288. The number of esters is 1. The van der Waals surface area contributed by atoms with Gasteiger partial charge in [-0.25, -0.2) is 4.79 Å². The van der Waals surface area contributed by atoms with E-state index in [-0.39, 0.29) is 26.4 Å². The van der Waals surface area contributed by atoms with Gasteiger partial charge in [-0.3, -0.25) is 4.90 Å². The van der Waals surface area contributed by atoms with Gasteiger partial charge >= 0.3 is 5.97 Å². The Labute approximate surface area is 224 Å². The van der Waals surface area contributed by atoms with Crippen molar-refractivity contribution >= 4 is 5.97 Å². The summed E-state index contributed by atoms with van der Waals surface area (Å²) in [6.07, 6.45) is -0.565. The third kappa shape index (κ3) is 14.2. The maximum absolute atomic E-state index is 11.8. The van der Waals surface area contributed by atoms with Crippen LogP contribution in [0.25, 0.3) is 0 Å². The number of likely N-dealkylation sites (N-methyl/N-ethyl adjacent to an activating group) is 3. The Morgan fingerprint density at radius 3 is 1.78 bits per heavy atom. The van der Waals surface area contributed by atoms with Gasteiger partial charge in [-0.15, -0.1) is 0 Å².